The molecule has 0 aliphatic rings. The van der Waals surface area contributed by atoms with Gasteiger partial charge in [0.1, 0.15) is 0 Å². The number of nitrogens with zero attached hydrogens (tertiary/aromatic N) is 1. The monoisotopic (exact) mass is 251 g/mol. The summed E-state index contributed by atoms with van der Waals surface area (Å²) in [5.41, 5.74) is 6.73. The molecule has 0 fully saturated rings. The lowest BCUT2D eigenvalue weighted by Gasteiger charge is -2.00. The number of aromatic nitrogens is 2. The van der Waals surface area contributed by atoms with Crippen LogP contribution in [0.5, 0.6) is 0 Å². The Morgan fingerprint density at radius 2 is 1.95 bits per heavy atom. The lowest BCUT2D eigenvalue weighted by molar-refractivity contribution is 1.25. The van der Waals surface area contributed by atoms with E-state index in [-0.39, 0.29) is 0 Å². The normalized spacial score (nSPS) is 11.7. The molecule has 1 aromatic carbocycles. The molecule has 3 aromatic rings. The molecule has 96 valence electrons. The van der Waals surface area contributed by atoms with Crippen LogP contribution < -0.4 is 0 Å². The molecule has 0 aliphatic heterocycles. The Morgan fingerprint density at radius 3 is 2.68 bits per heavy atom. The van der Waals surface area contributed by atoms with Crippen LogP contribution in [0.1, 0.15) is 22.5 Å². The molecule has 0 amide bonds. The van der Waals surface area contributed by atoms with Crippen molar-refractivity contribution in [1.82, 2.24) is 9.97 Å². The highest BCUT2D eigenvalue weighted by Gasteiger charge is 2.03. The van der Waals surface area contributed by atoms with E-state index in [4.69, 9.17) is 0 Å². The number of aryl methyl sites for hydroxylation is 3. The number of aliphatic imine (C=N–C) groups is 1. The molecule has 0 bridgehead atoms. The zero-order valence-electron chi connectivity index (χ0n) is 11.4. The second-order valence-corrected chi connectivity index (χ2v) is 5.03. The number of fused-ring (bicyclic) bond motifs is 1. The van der Waals surface area contributed by atoms with Crippen LogP contribution in [0.2, 0.25) is 0 Å². The summed E-state index contributed by atoms with van der Waals surface area (Å²) in [7, 11) is 0. The van der Waals surface area contributed by atoms with Crippen molar-refractivity contribution in [3.8, 4) is 0 Å². The summed E-state index contributed by atoms with van der Waals surface area (Å²) in [6.07, 6.45) is 3.85. The van der Waals surface area contributed by atoms with Gasteiger partial charge in [0.25, 0.3) is 0 Å². The molecule has 0 spiro atoms. The Labute approximate surface area is 112 Å². The summed E-state index contributed by atoms with van der Waals surface area (Å²) >= 11 is 0. The van der Waals surface area contributed by atoms with Gasteiger partial charge in [-0.1, -0.05) is 0 Å². The zero-order valence-corrected chi connectivity index (χ0v) is 11.4. The average molecular weight is 251 g/mol. The number of aromatic amines is 2. The van der Waals surface area contributed by atoms with Gasteiger partial charge in [-0.25, -0.2) is 0 Å². The zero-order chi connectivity index (χ0) is 13.4. The summed E-state index contributed by atoms with van der Waals surface area (Å²) in [4.78, 5) is 11.2. The molecular weight excluding hydrogens is 234 g/mol. The standard InChI is InChI=1S/C16H17N3/c1-10-6-13-4-5-17-16(13)14(7-10)18-9-15-11(2)8-12(3)19-15/h4-9,17,19H,1-3H3. The van der Waals surface area contributed by atoms with E-state index in [1.54, 1.807) is 0 Å². The van der Waals surface area contributed by atoms with Gasteiger partial charge in [0.2, 0.25) is 0 Å². The largest absolute Gasteiger partial charge is 0.359 e. The van der Waals surface area contributed by atoms with Gasteiger partial charge >= 0.3 is 0 Å². The van der Waals surface area contributed by atoms with Crippen molar-refractivity contribution in [2.75, 3.05) is 0 Å². The fourth-order valence-electron chi connectivity index (χ4n) is 2.42. The highest BCUT2D eigenvalue weighted by molar-refractivity contribution is 5.93. The fourth-order valence-corrected chi connectivity index (χ4v) is 2.42. The molecule has 19 heavy (non-hydrogen) atoms. The number of hydrogen-bond acceptors (Lipinski definition) is 1. The van der Waals surface area contributed by atoms with Crippen LogP contribution >= 0.6 is 0 Å². The van der Waals surface area contributed by atoms with Crippen LogP contribution in [0.4, 0.5) is 5.69 Å². The van der Waals surface area contributed by atoms with Crippen molar-refractivity contribution < 1.29 is 0 Å². The van der Waals surface area contributed by atoms with Gasteiger partial charge in [-0.3, -0.25) is 4.99 Å². The maximum absolute atomic E-state index is 4.62. The van der Waals surface area contributed by atoms with Crippen LogP contribution in [0.3, 0.4) is 0 Å². The van der Waals surface area contributed by atoms with Gasteiger partial charge in [0.15, 0.2) is 0 Å². The Balaban J connectivity index is 2.05. The van der Waals surface area contributed by atoms with Gasteiger partial charge < -0.3 is 9.97 Å². The van der Waals surface area contributed by atoms with E-state index in [0.717, 1.165) is 22.6 Å². The Morgan fingerprint density at radius 1 is 1.11 bits per heavy atom. The van der Waals surface area contributed by atoms with Gasteiger partial charge in [-0.05, 0) is 56.2 Å². The minimum absolute atomic E-state index is 0.978. The van der Waals surface area contributed by atoms with E-state index in [0.29, 0.717) is 0 Å². The number of hydrogen-bond donors (Lipinski definition) is 2. The van der Waals surface area contributed by atoms with Crippen LogP contribution in [-0.2, 0) is 0 Å². The number of benzene rings is 1. The second-order valence-electron chi connectivity index (χ2n) is 5.03. The second kappa shape index (κ2) is 4.43. The predicted molar refractivity (Wildman–Crippen MR) is 80.6 cm³/mol. The quantitative estimate of drug-likeness (QED) is 0.642. The number of rotatable bonds is 2. The summed E-state index contributed by atoms with van der Waals surface area (Å²) < 4.78 is 0. The van der Waals surface area contributed by atoms with Gasteiger partial charge in [0, 0.05) is 17.3 Å². The molecule has 0 aliphatic carbocycles. The third-order valence-corrected chi connectivity index (χ3v) is 3.31. The van der Waals surface area contributed by atoms with E-state index in [2.05, 4.69) is 60.0 Å². The van der Waals surface area contributed by atoms with Gasteiger partial charge in [0.05, 0.1) is 23.1 Å². The molecule has 3 nitrogen and oxygen atoms in total. The van der Waals surface area contributed by atoms with Crippen molar-refractivity contribution in [1.29, 1.82) is 0 Å². The first-order valence-corrected chi connectivity index (χ1v) is 6.41. The highest BCUT2D eigenvalue weighted by atomic mass is 14.8. The summed E-state index contributed by atoms with van der Waals surface area (Å²) in [6.45, 7) is 6.24. The fraction of sp³-hybridized carbons (Fsp3) is 0.188. The van der Waals surface area contributed by atoms with Crippen LogP contribution in [-0.4, -0.2) is 16.2 Å². The molecule has 0 saturated heterocycles. The minimum atomic E-state index is 0.978. The third kappa shape index (κ3) is 2.19. The van der Waals surface area contributed by atoms with Crippen molar-refractivity contribution in [3.63, 3.8) is 0 Å². The van der Waals surface area contributed by atoms with Crippen molar-refractivity contribution in [2.24, 2.45) is 4.99 Å². The maximum Gasteiger partial charge on any atom is 0.0874 e. The molecule has 2 N–H and O–H groups in total. The smallest absolute Gasteiger partial charge is 0.0874 e. The molecule has 0 radical (unpaired) electrons. The average Bonchev–Trinajstić information content (AvgIpc) is 2.92. The molecule has 0 saturated carbocycles. The minimum Gasteiger partial charge on any atom is -0.359 e. The highest BCUT2D eigenvalue weighted by Crippen LogP contribution is 2.26. The number of H-pyrrole nitrogens is 2. The molecular formula is C16H17N3. The van der Waals surface area contributed by atoms with Gasteiger partial charge in [-0.2, -0.15) is 0 Å². The van der Waals surface area contributed by atoms with E-state index >= 15 is 0 Å². The van der Waals surface area contributed by atoms with E-state index < -0.39 is 0 Å². The summed E-state index contributed by atoms with van der Waals surface area (Å²) in [5.74, 6) is 0. The molecule has 0 atom stereocenters. The molecule has 2 aromatic heterocycles. The first-order valence-electron chi connectivity index (χ1n) is 6.41. The van der Waals surface area contributed by atoms with Crippen LogP contribution in [0.15, 0.2) is 35.5 Å². The van der Waals surface area contributed by atoms with Crippen molar-refractivity contribution >= 4 is 22.8 Å². The molecule has 2 heterocycles. The predicted octanol–water partition coefficient (Wildman–Crippen LogP) is 4.17. The van der Waals surface area contributed by atoms with E-state index in [9.17, 15) is 0 Å². The Bertz CT molecular complexity index is 759. The van der Waals surface area contributed by atoms with E-state index in [1.165, 1.54) is 16.5 Å². The van der Waals surface area contributed by atoms with Crippen LogP contribution in [0, 0.1) is 20.8 Å². The molecule has 3 heteroatoms. The first-order chi connectivity index (χ1) is 9.13. The topological polar surface area (TPSA) is 43.9 Å². The van der Waals surface area contributed by atoms with E-state index in [1.807, 2.05) is 12.4 Å². The van der Waals surface area contributed by atoms with Gasteiger partial charge in [-0.15, -0.1) is 0 Å². The SMILES string of the molecule is Cc1cc(N=Cc2[nH]c(C)cc2C)c2[nH]ccc2c1. The first kappa shape index (κ1) is 11.8. The summed E-state index contributed by atoms with van der Waals surface area (Å²) in [6, 6.07) is 8.46. The van der Waals surface area contributed by atoms with Crippen molar-refractivity contribution in [2.45, 2.75) is 20.8 Å². The summed E-state index contributed by atoms with van der Waals surface area (Å²) in [5, 5.41) is 1.20. The lowest BCUT2D eigenvalue weighted by atomic mass is 10.1. The lowest BCUT2D eigenvalue weighted by Crippen LogP contribution is -1.84. The Hall–Kier alpha value is -2.29. The van der Waals surface area contributed by atoms with Crippen LogP contribution in [0.25, 0.3) is 10.9 Å². The van der Waals surface area contributed by atoms with Crippen molar-refractivity contribution in [3.05, 3.63) is 53.0 Å². The third-order valence-electron chi connectivity index (χ3n) is 3.31. The number of nitrogens with one attached hydrogen (secondary N) is 2. The molecule has 0 unspecified atom stereocenters. The Kier molecular flexibility index (Phi) is 2.75. The molecule has 3 rings (SSSR count). The maximum atomic E-state index is 4.62.